The second-order valence-corrected chi connectivity index (χ2v) is 4.64. The van der Waals surface area contributed by atoms with Gasteiger partial charge in [0.15, 0.2) is 0 Å². The first-order chi connectivity index (χ1) is 8.09. The zero-order valence-corrected chi connectivity index (χ0v) is 9.97. The Morgan fingerprint density at radius 1 is 1.47 bits per heavy atom. The van der Waals surface area contributed by atoms with E-state index in [9.17, 15) is 4.79 Å². The first kappa shape index (κ1) is 11.9. The van der Waals surface area contributed by atoms with E-state index in [1.165, 1.54) is 16.0 Å². The molecule has 3 N–H and O–H groups in total. The van der Waals surface area contributed by atoms with Gasteiger partial charge in [-0.05, 0) is 24.5 Å². The van der Waals surface area contributed by atoms with Gasteiger partial charge >= 0.3 is 6.09 Å². The van der Waals surface area contributed by atoms with Crippen LogP contribution in [0.3, 0.4) is 0 Å². The van der Waals surface area contributed by atoms with E-state index in [2.05, 4.69) is 0 Å². The van der Waals surface area contributed by atoms with E-state index < -0.39 is 6.09 Å². The smallest absolute Gasteiger partial charge is 0.407 e. The summed E-state index contributed by atoms with van der Waals surface area (Å²) in [5, 5.41) is 9.04. The molecule has 0 aliphatic carbocycles. The molecule has 0 spiro atoms. The second kappa shape index (κ2) is 4.75. The van der Waals surface area contributed by atoms with Gasteiger partial charge in [0.1, 0.15) is 0 Å². The van der Waals surface area contributed by atoms with Crippen molar-refractivity contribution in [2.45, 2.75) is 25.3 Å². The Bertz CT molecular complexity index is 420. The van der Waals surface area contributed by atoms with Crippen LogP contribution in [0.1, 0.15) is 23.5 Å². The number of carboxylic acid groups (broad SMARTS) is 1. The molecule has 1 aliphatic heterocycles. The average molecular weight is 234 g/mol. The van der Waals surface area contributed by atoms with Crippen LogP contribution in [0.2, 0.25) is 0 Å². The predicted molar refractivity (Wildman–Crippen MR) is 66.1 cm³/mol. The van der Waals surface area contributed by atoms with Crippen molar-refractivity contribution in [3.63, 3.8) is 0 Å². The maximum absolute atomic E-state index is 11.0. The summed E-state index contributed by atoms with van der Waals surface area (Å²) < 4.78 is 0. The number of carbonyl (C=O) groups is 1. The summed E-state index contributed by atoms with van der Waals surface area (Å²) in [5.41, 5.74) is 8.48. The van der Waals surface area contributed by atoms with Crippen molar-refractivity contribution < 1.29 is 9.90 Å². The Kier molecular flexibility index (Phi) is 3.33. The molecule has 0 saturated carbocycles. The molecule has 1 heterocycles. The molecule has 1 amide bonds. The lowest BCUT2D eigenvalue weighted by Gasteiger charge is -2.36. The summed E-state index contributed by atoms with van der Waals surface area (Å²) in [5.74, 6) is 0.112. The minimum Gasteiger partial charge on any atom is -0.465 e. The van der Waals surface area contributed by atoms with Crippen molar-refractivity contribution >= 4 is 6.09 Å². The van der Waals surface area contributed by atoms with Gasteiger partial charge in [0, 0.05) is 25.0 Å². The maximum Gasteiger partial charge on any atom is 0.407 e. The van der Waals surface area contributed by atoms with Crippen LogP contribution in [0.25, 0.3) is 0 Å². The van der Waals surface area contributed by atoms with Gasteiger partial charge in [-0.15, -0.1) is 0 Å². The number of hydrogen-bond acceptors (Lipinski definition) is 2. The Labute approximate surface area is 101 Å². The Morgan fingerprint density at radius 3 is 2.82 bits per heavy atom. The molecule has 4 nitrogen and oxygen atoms in total. The largest absolute Gasteiger partial charge is 0.465 e. The monoisotopic (exact) mass is 234 g/mol. The molecule has 0 aromatic heterocycles. The van der Waals surface area contributed by atoms with Crippen molar-refractivity contribution in [1.82, 2.24) is 4.90 Å². The predicted octanol–water partition coefficient (Wildman–Crippen LogP) is 1.79. The van der Waals surface area contributed by atoms with E-state index >= 15 is 0 Å². The van der Waals surface area contributed by atoms with Gasteiger partial charge in [-0.3, -0.25) is 0 Å². The molecule has 0 unspecified atom stereocenters. The molecule has 2 atom stereocenters. The lowest BCUT2D eigenvalue weighted by Crippen LogP contribution is -2.47. The van der Waals surface area contributed by atoms with E-state index in [-0.39, 0.29) is 12.0 Å². The second-order valence-electron chi connectivity index (χ2n) is 4.64. The van der Waals surface area contributed by atoms with Crippen LogP contribution in [-0.2, 0) is 0 Å². The highest BCUT2D eigenvalue weighted by atomic mass is 16.4. The molecule has 4 heteroatoms. The lowest BCUT2D eigenvalue weighted by atomic mass is 9.84. The standard InChI is InChI=1S/C13H18N2O2/c1-9-4-2-3-5-10(9)11-8-15(13(16)17)7-6-12(11)14/h2-5,11-12H,6-8,14H2,1H3,(H,16,17)/t11-,12+/m0/s1. The van der Waals surface area contributed by atoms with Crippen molar-refractivity contribution in [2.75, 3.05) is 13.1 Å². The fourth-order valence-electron chi connectivity index (χ4n) is 2.48. The molecule has 92 valence electrons. The molecule has 1 fully saturated rings. The minimum absolute atomic E-state index is 0.0479. The van der Waals surface area contributed by atoms with Crippen LogP contribution in [0.4, 0.5) is 4.79 Å². The molecular weight excluding hydrogens is 216 g/mol. The quantitative estimate of drug-likeness (QED) is 0.778. The summed E-state index contributed by atoms with van der Waals surface area (Å²) in [4.78, 5) is 12.5. The average Bonchev–Trinajstić information content (AvgIpc) is 2.30. The van der Waals surface area contributed by atoms with Crippen LogP contribution in [-0.4, -0.2) is 35.2 Å². The number of hydrogen-bond donors (Lipinski definition) is 2. The zero-order valence-electron chi connectivity index (χ0n) is 9.97. The molecule has 1 saturated heterocycles. The lowest BCUT2D eigenvalue weighted by molar-refractivity contribution is 0.126. The van der Waals surface area contributed by atoms with Gasteiger partial charge in [0.2, 0.25) is 0 Å². The number of rotatable bonds is 1. The highest BCUT2D eigenvalue weighted by Crippen LogP contribution is 2.28. The number of piperidine rings is 1. The van der Waals surface area contributed by atoms with Gasteiger partial charge in [-0.25, -0.2) is 4.79 Å². The summed E-state index contributed by atoms with van der Waals surface area (Å²) in [6.07, 6.45) is -0.124. The van der Waals surface area contributed by atoms with Crippen LogP contribution in [0.5, 0.6) is 0 Å². The van der Waals surface area contributed by atoms with E-state index in [1.807, 2.05) is 31.2 Å². The zero-order chi connectivity index (χ0) is 12.4. The van der Waals surface area contributed by atoms with Crippen LogP contribution in [0.15, 0.2) is 24.3 Å². The van der Waals surface area contributed by atoms with E-state index in [4.69, 9.17) is 10.8 Å². The van der Waals surface area contributed by atoms with E-state index in [0.29, 0.717) is 13.1 Å². The van der Waals surface area contributed by atoms with E-state index in [1.54, 1.807) is 0 Å². The molecule has 0 radical (unpaired) electrons. The van der Waals surface area contributed by atoms with Crippen LogP contribution < -0.4 is 5.73 Å². The third kappa shape index (κ3) is 2.42. The molecule has 1 aromatic rings. The number of benzene rings is 1. The topological polar surface area (TPSA) is 66.6 Å². The van der Waals surface area contributed by atoms with Gasteiger partial charge in [0.05, 0.1) is 0 Å². The normalized spacial score (nSPS) is 24.7. The van der Waals surface area contributed by atoms with Crippen LogP contribution in [0, 0.1) is 6.92 Å². The summed E-state index contributed by atoms with van der Waals surface area (Å²) in [6, 6.07) is 8.11. The Morgan fingerprint density at radius 2 is 2.18 bits per heavy atom. The fourth-order valence-corrected chi connectivity index (χ4v) is 2.48. The van der Waals surface area contributed by atoms with Crippen molar-refractivity contribution in [3.8, 4) is 0 Å². The first-order valence-electron chi connectivity index (χ1n) is 5.88. The van der Waals surface area contributed by atoms with Crippen molar-refractivity contribution in [1.29, 1.82) is 0 Å². The highest BCUT2D eigenvalue weighted by Gasteiger charge is 2.30. The fraction of sp³-hybridized carbons (Fsp3) is 0.462. The SMILES string of the molecule is Cc1ccccc1[C@@H]1CN(C(=O)O)CC[C@H]1N. The van der Waals surface area contributed by atoms with Crippen molar-refractivity contribution in [2.24, 2.45) is 5.73 Å². The third-order valence-electron chi connectivity index (χ3n) is 3.52. The number of aryl methyl sites for hydroxylation is 1. The first-order valence-corrected chi connectivity index (χ1v) is 5.88. The van der Waals surface area contributed by atoms with E-state index in [0.717, 1.165) is 6.42 Å². The molecule has 2 rings (SSSR count). The molecular formula is C13H18N2O2. The molecule has 1 aromatic carbocycles. The summed E-state index contributed by atoms with van der Waals surface area (Å²) in [7, 11) is 0. The molecule has 1 aliphatic rings. The van der Waals surface area contributed by atoms with Crippen LogP contribution >= 0.6 is 0 Å². The number of amides is 1. The molecule has 17 heavy (non-hydrogen) atoms. The van der Waals surface area contributed by atoms with Gasteiger partial charge in [-0.2, -0.15) is 0 Å². The maximum atomic E-state index is 11.0. The van der Waals surface area contributed by atoms with Gasteiger partial charge in [0.25, 0.3) is 0 Å². The van der Waals surface area contributed by atoms with Gasteiger partial charge < -0.3 is 15.7 Å². The highest BCUT2D eigenvalue weighted by molar-refractivity contribution is 5.65. The number of nitrogens with two attached hydrogens (primary N) is 1. The number of nitrogens with zero attached hydrogens (tertiary/aromatic N) is 1. The Hall–Kier alpha value is -1.55. The number of likely N-dealkylation sites (tertiary alicyclic amines) is 1. The molecule has 0 bridgehead atoms. The third-order valence-corrected chi connectivity index (χ3v) is 3.52. The Balaban J connectivity index is 2.24. The van der Waals surface area contributed by atoms with Gasteiger partial charge in [-0.1, -0.05) is 24.3 Å². The summed E-state index contributed by atoms with van der Waals surface area (Å²) in [6.45, 7) is 3.09. The minimum atomic E-state index is -0.851. The van der Waals surface area contributed by atoms with Crippen molar-refractivity contribution in [3.05, 3.63) is 35.4 Å². The summed E-state index contributed by atoms with van der Waals surface area (Å²) >= 11 is 0.